The monoisotopic (exact) mass is 400 g/mol. The van der Waals surface area contributed by atoms with Crippen molar-refractivity contribution in [2.45, 2.75) is 57.7 Å². The second-order valence-electron chi connectivity index (χ2n) is 7.02. The lowest BCUT2D eigenvalue weighted by atomic mass is 9.98. The summed E-state index contributed by atoms with van der Waals surface area (Å²) >= 11 is 1.26. The third-order valence-electron chi connectivity index (χ3n) is 3.69. The second-order valence-corrected chi connectivity index (χ2v) is 8.01. The minimum absolute atomic E-state index is 0.119. The molecule has 0 aromatic rings. The van der Waals surface area contributed by atoms with Crippen LogP contribution < -0.4 is 5.32 Å². The summed E-state index contributed by atoms with van der Waals surface area (Å²) in [5.41, 5.74) is -0.241. The zero-order chi connectivity index (χ0) is 20.4. The van der Waals surface area contributed by atoms with Crippen LogP contribution in [0.2, 0.25) is 0 Å². The molecule has 2 aliphatic rings. The summed E-state index contributed by atoms with van der Waals surface area (Å²) < 4.78 is 15.2. The van der Waals surface area contributed by atoms with Gasteiger partial charge in [0.2, 0.25) is 5.91 Å². The van der Waals surface area contributed by atoms with Crippen LogP contribution in [-0.2, 0) is 28.6 Å². The number of carbonyl (C=O) groups excluding carboxylic acids is 4. The Bertz CT molecular complexity index is 671. The van der Waals surface area contributed by atoms with Gasteiger partial charge in [0.05, 0.1) is 6.61 Å². The van der Waals surface area contributed by atoms with E-state index in [2.05, 4.69) is 5.32 Å². The fraction of sp³-hybridized carbons (Fsp3) is 0.647. The number of ether oxygens (including phenoxy) is 3. The van der Waals surface area contributed by atoms with Gasteiger partial charge in [-0.05, 0) is 33.1 Å². The summed E-state index contributed by atoms with van der Waals surface area (Å²) in [7, 11) is 0. The maximum atomic E-state index is 12.6. The van der Waals surface area contributed by atoms with Gasteiger partial charge in [-0.2, -0.15) is 0 Å². The molecular weight excluding hydrogens is 376 g/mol. The van der Waals surface area contributed by atoms with Gasteiger partial charge in [0, 0.05) is 12.5 Å². The molecule has 27 heavy (non-hydrogen) atoms. The van der Waals surface area contributed by atoms with Crippen molar-refractivity contribution in [2.75, 3.05) is 13.2 Å². The van der Waals surface area contributed by atoms with E-state index >= 15 is 0 Å². The van der Waals surface area contributed by atoms with Gasteiger partial charge in [0.15, 0.2) is 6.04 Å². The number of hydrogen-bond acceptors (Lipinski definition) is 8. The first-order chi connectivity index (χ1) is 12.5. The lowest BCUT2D eigenvalue weighted by Gasteiger charge is -2.51. The molecule has 2 amide bonds. The number of β-lactam (4-membered cyclic amide) rings is 1. The molecular formula is C17H24N2O7S. The molecule has 1 saturated heterocycles. The molecule has 1 fully saturated rings. The number of carbonyl (C=O) groups is 4. The molecule has 10 heteroatoms. The first-order valence-corrected chi connectivity index (χ1v) is 9.45. The lowest BCUT2D eigenvalue weighted by molar-refractivity contribution is -0.162. The first-order valence-electron chi connectivity index (χ1n) is 8.51. The highest BCUT2D eigenvalue weighted by atomic mass is 32.2. The van der Waals surface area contributed by atoms with Crippen LogP contribution in [0.25, 0.3) is 0 Å². The smallest absolute Gasteiger partial charge is 0.408 e. The van der Waals surface area contributed by atoms with E-state index in [9.17, 15) is 19.2 Å². The Morgan fingerprint density at radius 2 is 1.93 bits per heavy atom. The topological polar surface area (TPSA) is 111 Å². The fourth-order valence-corrected chi connectivity index (χ4v) is 3.87. The van der Waals surface area contributed by atoms with Crippen LogP contribution in [0.4, 0.5) is 4.79 Å². The summed E-state index contributed by atoms with van der Waals surface area (Å²) in [5, 5.41) is 3.74. The molecule has 150 valence electrons. The molecule has 3 atom stereocenters. The second kappa shape index (κ2) is 8.20. The van der Waals surface area contributed by atoms with E-state index in [0.29, 0.717) is 5.57 Å². The molecule has 2 rings (SSSR count). The van der Waals surface area contributed by atoms with Gasteiger partial charge >= 0.3 is 18.0 Å². The molecule has 2 aliphatic heterocycles. The number of thioether (sulfide) groups is 1. The van der Waals surface area contributed by atoms with E-state index in [-0.39, 0.29) is 13.2 Å². The maximum absolute atomic E-state index is 12.6. The number of alkyl carbamates (subject to hydrolysis) is 1. The number of nitrogens with zero attached hydrogens (tertiary/aromatic N) is 1. The van der Waals surface area contributed by atoms with E-state index in [1.807, 2.05) is 0 Å². The van der Waals surface area contributed by atoms with E-state index in [0.717, 1.165) is 0 Å². The van der Waals surface area contributed by atoms with Gasteiger partial charge in [-0.1, -0.05) is 0 Å². The predicted octanol–water partition coefficient (Wildman–Crippen LogP) is 1.17. The highest BCUT2D eigenvalue weighted by Crippen LogP contribution is 2.40. The van der Waals surface area contributed by atoms with Crippen molar-refractivity contribution in [2.24, 2.45) is 0 Å². The standard InChI is InChI=1S/C17H24N2O7S/c1-6-24-15(22)12-10(7-25-9(2)20)8-27-14-11(13(21)19(12)14)18-16(23)26-17(3,4)5/h8,11-12,14H,6-7H2,1-5H3,(H,18,23)/t11-,12?,14-/m1/s1. The van der Waals surface area contributed by atoms with Crippen LogP contribution in [0.5, 0.6) is 0 Å². The van der Waals surface area contributed by atoms with Crippen molar-refractivity contribution in [3.63, 3.8) is 0 Å². The van der Waals surface area contributed by atoms with E-state index in [4.69, 9.17) is 14.2 Å². The molecule has 1 unspecified atom stereocenters. The number of hydrogen-bond donors (Lipinski definition) is 1. The fourth-order valence-electron chi connectivity index (χ4n) is 2.66. The van der Waals surface area contributed by atoms with Gasteiger partial charge in [0.25, 0.3) is 0 Å². The van der Waals surface area contributed by atoms with Crippen LogP contribution in [0.15, 0.2) is 11.0 Å². The Labute approximate surface area is 161 Å². The molecule has 0 aromatic heterocycles. The van der Waals surface area contributed by atoms with Gasteiger partial charge in [0.1, 0.15) is 23.6 Å². The SMILES string of the molecule is CCOC(=O)C1C(COC(C)=O)=CS[C@@H]2[C@H](NC(=O)OC(C)(C)C)C(=O)N12. The Morgan fingerprint density at radius 3 is 2.48 bits per heavy atom. The average molecular weight is 400 g/mol. The van der Waals surface area contributed by atoms with Crippen molar-refractivity contribution in [1.29, 1.82) is 0 Å². The number of fused-ring (bicyclic) bond motifs is 1. The van der Waals surface area contributed by atoms with Gasteiger partial charge < -0.3 is 24.4 Å². The summed E-state index contributed by atoms with van der Waals surface area (Å²) in [4.78, 5) is 49.4. The van der Waals surface area contributed by atoms with Crippen LogP contribution in [0, 0.1) is 0 Å². The Balaban J connectivity index is 2.14. The molecule has 0 aromatic carbocycles. The number of esters is 2. The first kappa shape index (κ1) is 21.1. The van der Waals surface area contributed by atoms with Crippen molar-refractivity contribution in [1.82, 2.24) is 10.2 Å². The minimum atomic E-state index is -0.986. The summed E-state index contributed by atoms with van der Waals surface area (Å²) in [6.07, 6.45) is -0.705. The van der Waals surface area contributed by atoms with Gasteiger partial charge in [-0.15, -0.1) is 11.8 Å². The van der Waals surface area contributed by atoms with Crippen molar-refractivity contribution in [3.05, 3.63) is 11.0 Å². The summed E-state index contributed by atoms with van der Waals surface area (Å²) in [6.45, 7) is 8.11. The van der Waals surface area contributed by atoms with E-state index < -0.39 is 47.0 Å². The minimum Gasteiger partial charge on any atom is -0.464 e. The normalized spacial score (nSPS) is 24.2. The molecule has 1 N–H and O–H groups in total. The van der Waals surface area contributed by atoms with Crippen molar-refractivity contribution in [3.8, 4) is 0 Å². The zero-order valence-corrected chi connectivity index (χ0v) is 16.8. The Hall–Kier alpha value is -2.23. The van der Waals surface area contributed by atoms with Crippen molar-refractivity contribution >= 4 is 35.7 Å². The van der Waals surface area contributed by atoms with E-state index in [1.165, 1.54) is 23.6 Å². The third-order valence-corrected chi connectivity index (χ3v) is 4.91. The maximum Gasteiger partial charge on any atom is 0.408 e. The van der Waals surface area contributed by atoms with Crippen LogP contribution in [0.1, 0.15) is 34.6 Å². The molecule has 0 bridgehead atoms. The lowest BCUT2D eigenvalue weighted by Crippen LogP contribution is -2.74. The number of amides is 2. The average Bonchev–Trinajstić information content (AvgIpc) is 2.55. The van der Waals surface area contributed by atoms with E-state index in [1.54, 1.807) is 33.1 Å². The van der Waals surface area contributed by atoms with Crippen LogP contribution >= 0.6 is 11.8 Å². The molecule has 0 spiro atoms. The quantitative estimate of drug-likeness (QED) is 0.416. The molecule has 0 aliphatic carbocycles. The third kappa shape index (κ3) is 4.94. The predicted molar refractivity (Wildman–Crippen MR) is 96.5 cm³/mol. The molecule has 0 saturated carbocycles. The molecule has 9 nitrogen and oxygen atoms in total. The van der Waals surface area contributed by atoms with Crippen LogP contribution in [-0.4, -0.2) is 65.1 Å². The summed E-state index contributed by atoms with van der Waals surface area (Å²) in [5.74, 6) is -1.53. The van der Waals surface area contributed by atoms with Crippen molar-refractivity contribution < 1.29 is 33.4 Å². The molecule has 0 radical (unpaired) electrons. The Morgan fingerprint density at radius 1 is 1.26 bits per heavy atom. The summed E-state index contributed by atoms with van der Waals surface area (Å²) in [6, 6.07) is -1.80. The molecule has 2 heterocycles. The number of rotatable bonds is 5. The van der Waals surface area contributed by atoms with Gasteiger partial charge in [-0.25, -0.2) is 9.59 Å². The highest BCUT2D eigenvalue weighted by molar-refractivity contribution is 8.02. The Kier molecular flexibility index (Phi) is 6.40. The number of nitrogens with one attached hydrogen (secondary N) is 1. The van der Waals surface area contributed by atoms with Gasteiger partial charge in [-0.3, -0.25) is 9.59 Å². The zero-order valence-electron chi connectivity index (χ0n) is 15.9. The highest BCUT2D eigenvalue weighted by Gasteiger charge is 2.56. The largest absolute Gasteiger partial charge is 0.464 e. The van der Waals surface area contributed by atoms with Crippen LogP contribution in [0.3, 0.4) is 0 Å².